The summed E-state index contributed by atoms with van der Waals surface area (Å²) in [5.41, 5.74) is 26.7. The van der Waals surface area contributed by atoms with Gasteiger partial charge in [0, 0.05) is 22.3 Å². The van der Waals surface area contributed by atoms with Crippen molar-refractivity contribution < 1.29 is 19.1 Å². The van der Waals surface area contributed by atoms with Gasteiger partial charge in [0.1, 0.15) is 0 Å². The molecule has 0 atom stereocenters. The molecule has 0 bridgehead atoms. The van der Waals surface area contributed by atoms with E-state index in [1.807, 2.05) is 14.4 Å². The Morgan fingerprint density at radius 3 is 1.27 bits per heavy atom. The molecule has 1 aliphatic rings. The summed E-state index contributed by atoms with van der Waals surface area (Å²) >= 11 is 1.82. The molecule has 0 aromatic heterocycles. The Hall–Kier alpha value is -1.99. The third kappa shape index (κ3) is 9.51. The third-order valence-corrected chi connectivity index (χ3v) is 9.63. The molecule has 41 heavy (non-hydrogen) atoms. The molecule has 2 aromatic carbocycles. The van der Waals surface area contributed by atoms with Crippen LogP contribution < -0.4 is 0 Å². The van der Waals surface area contributed by atoms with Crippen molar-refractivity contribution in [3.63, 3.8) is 0 Å². The Morgan fingerprint density at radius 2 is 0.902 bits per heavy atom. The van der Waals surface area contributed by atoms with Gasteiger partial charge in [0.2, 0.25) is 11.4 Å². The van der Waals surface area contributed by atoms with E-state index in [9.17, 15) is 5.53 Å². The van der Waals surface area contributed by atoms with E-state index in [4.69, 9.17) is 0 Å². The number of allylic oxidation sites excluding steroid dienone is 2. The number of rotatable bonds is 14. The molecule has 1 heterocycles. The Morgan fingerprint density at radius 1 is 0.537 bits per heavy atom. The van der Waals surface area contributed by atoms with E-state index < -0.39 is 0 Å². The molecular weight excluding hydrogens is 543 g/mol. The zero-order valence-corrected chi connectivity index (χ0v) is 29.0. The van der Waals surface area contributed by atoms with Crippen LogP contribution in [0.15, 0.2) is 35.4 Å². The summed E-state index contributed by atoms with van der Waals surface area (Å²) in [4.78, 5) is 0. The van der Waals surface area contributed by atoms with Gasteiger partial charge in [-0.3, -0.25) is 0 Å². The van der Waals surface area contributed by atoms with Crippen molar-refractivity contribution in [1.29, 1.82) is 0 Å². The summed E-state index contributed by atoms with van der Waals surface area (Å²) in [5.74, 6) is 0. The first-order valence-corrected chi connectivity index (χ1v) is 17.6. The maximum absolute atomic E-state index is 11.9. The summed E-state index contributed by atoms with van der Waals surface area (Å²) in [7, 11) is 0. The fraction of sp³-hybridized carbons (Fsp3) is 0.579. The van der Waals surface area contributed by atoms with E-state index in [0.717, 1.165) is 48.2 Å². The minimum atomic E-state index is 1.00. The molecule has 0 saturated heterocycles. The molecule has 0 saturated carbocycles. The summed E-state index contributed by atoms with van der Waals surface area (Å²) in [6.45, 7) is 22.0. The predicted octanol–water partition coefficient (Wildman–Crippen LogP) is 12.6. The summed E-state index contributed by atoms with van der Waals surface area (Å²) < 4.78 is 1.55. The normalized spacial score (nSPS) is 13.4. The molecule has 0 unspecified atom stereocenters. The van der Waals surface area contributed by atoms with Crippen molar-refractivity contribution >= 4 is 11.4 Å². The van der Waals surface area contributed by atoms with Crippen LogP contribution in [-0.4, -0.2) is 4.70 Å². The van der Waals surface area contributed by atoms with Crippen LogP contribution in [0.5, 0.6) is 0 Å². The van der Waals surface area contributed by atoms with Crippen molar-refractivity contribution in [1.82, 2.24) is 0 Å². The average molecular weight is 602 g/mol. The van der Waals surface area contributed by atoms with Crippen molar-refractivity contribution in [3.8, 4) is 0 Å². The zero-order valence-electron chi connectivity index (χ0n) is 28.0. The molecule has 3 rings (SSSR count). The second-order valence-corrected chi connectivity index (χ2v) is 13.6. The molecule has 2 aromatic rings. The van der Waals surface area contributed by atoms with Crippen LogP contribution in [0.25, 0.3) is 16.9 Å². The standard InChI is InChI=1S/C34H48N2.2C2H5.Ni/c1-9-11-13-14-15-16-18-32-31(17-12-10-2)33(29-19-23(3)27(7)24(4)20-29)36(35)34(32)30-21-25(5)28(8)26(6)22-30;2*1-2;/h19-22H,9-18H2,1-8H3;2*1H2,2H3;. The second-order valence-electron chi connectivity index (χ2n) is 11.7. The first kappa shape index (κ1) is 35.2. The fourth-order valence-corrected chi connectivity index (χ4v) is 6.22. The molecule has 0 spiro atoms. The molecule has 0 N–H and O–H groups in total. The van der Waals surface area contributed by atoms with Crippen LogP contribution in [-0.2, 0) is 14.4 Å². The van der Waals surface area contributed by atoms with E-state index >= 15 is 0 Å². The predicted molar refractivity (Wildman–Crippen MR) is 177 cm³/mol. The topological polar surface area (TPSA) is 25.3 Å². The molecule has 3 heteroatoms. The SMILES string of the molecule is CCCCCCCCC1=C(c2cc(C)c(C)c(C)c2)[N+](=[N-])C(c2cc(C)c(C)c(C)c2)=C1CCCC.C[CH2][Ni][CH2]C. The van der Waals surface area contributed by atoms with Crippen LogP contribution in [0.3, 0.4) is 0 Å². The molecule has 0 fully saturated rings. The molecule has 0 radical (unpaired) electrons. The van der Waals surface area contributed by atoms with Crippen LogP contribution >= 0.6 is 0 Å². The summed E-state index contributed by atoms with van der Waals surface area (Å²) in [6.07, 6.45) is 12.0. The molecular formula is C38H58N2Ni. The van der Waals surface area contributed by atoms with Gasteiger partial charge >= 0.3 is 39.1 Å². The van der Waals surface area contributed by atoms with Crippen LogP contribution in [0, 0.1) is 41.5 Å². The monoisotopic (exact) mass is 600 g/mol. The van der Waals surface area contributed by atoms with Crippen molar-refractivity contribution in [3.05, 3.63) is 85.5 Å². The van der Waals surface area contributed by atoms with Gasteiger partial charge in [-0.2, -0.15) is 0 Å². The molecule has 1 aliphatic heterocycles. The van der Waals surface area contributed by atoms with Gasteiger partial charge in [-0.25, -0.2) is 4.70 Å². The van der Waals surface area contributed by atoms with Gasteiger partial charge in [0.25, 0.3) is 0 Å². The fourth-order valence-electron chi connectivity index (χ4n) is 5.72. The number of nitrogens with zero attached hydrogens (tertiary/aromatic N) is 2. The maximum atomic E-state index is 11.9. The second kappa shape index (κ2) is 17.9. The van der Waals surface area contributed by atoms with Gasteiger partial charge in [-0.1, -0.05) is 52.4 Å². The van der Waals surface area contributed by atoms with Gasteiger partial charge in [-0.05, 0) is 125 Å². The minimum absolute atomic E-state index is 1.00. The van der Waals surface area contributed by atoms with Crippen molar-refractivity contribution in [2.45, 2.75) is 144 Å². The Bertz CT molecular complexity index is 1180. The molecule has 230 valence electrons. The van der Waals surface area contributed by atoms with E-state index in [1.165, 1.54) is 93.8 Å². The number of aryl methyl sites for hydroxylation is 4. The van der Waals surface area contributed by atoms with Gasteiger partial charge < -0.3 is 5.53 Å². The van der Waals surface area contributed by atoms with E-state index in [-0.39, 0.29) is 0 Å². The molecule has 0 aliphatic carbocycles. The Labute approximate surface area is 259 Å². The summed E-state index contributed by atoms with van der Waals surface area (Å²) in [5, 5.41) is 2.56. The van der Waals surface area contributed by atoms with Crippen LogP contribution in [0.1, 0.15) is 136 Å². The van der Waals surface area contributed by atoms with E-state index in [1.54, 1.807) is 4.70 Å². The van der Waals surface area contributed by atoms with E-state index in [0.29, 0.717) is 0 Å². The molecule has 0 amide bonds. The van der Waals surface area contributed by atoms with Gasteiger partial charge in [-0.15, -0.1) is 0 Å². The number of unbranched alkanes of at least 4 members (excludes halogenated alkanes) is 6. The van der Waals surface area contributed by atoms with Crippen molar-refractivity contribution in [2.75, 3.05) is 0 Å². The number of hydrogen-bond donors (Lipinski definition) is 0. The first-order chi connectivity index (χ1) is 19.6. The quantitative estimate of drug-likeness (QED) is 0.117. The Kier molecular flexibility index (Phi) is 15.3. The zero-order chi connectivity index (χ0) is 30.5. The molecule has 2 nitrogen and oxygen atoms in total. The summed E-state index contributed by atoms with van der Waals surface area (Å²) in [6, 6.07) is 9.08. The first-order valence-electron chi connectivity index (χ1n) is 16.2. The van der Waals surface area contributed by atoms with Gasteiger partial charge in [0.15, 0.2) is 0 Å². The average Bonchev–Trinajstić information content (AvgIpc) is 3.21. The number of hydrogen-bond acceptors (Lipinski definition) is 0. The van der Waals surface area contributed by atoms with Crippen molar-refractivity contribution in [2.24, 2.45) is 0 Å². The van der Waals surface area contributed by atoms with Crippen LogP contribution in [0.4, 0.5) is 0 Å². The number of benzene rings is 2. The third-order valence-electron chi connectivity index (χ3n) is 8.64. The van der Waals surface area contributed by atoms with E-state index in [2.05, 4.69) is 93.5 Å². The Balaban J connectivity index is 0.00000108. The van der Waals surface area contributed by atoms with Crippen LogP contribution in [0.2, 0.25) is 10.8 Å². The van der Waals surface area contributed by atoms with Gasteiger partial charge in [0.05, 0.1) is 0 Å².